The second kappa shape index (κ2) is 39.1. The third-order valence-electron chi connectivity index (χ3n) is 22.0. The monoisotopic (exact) mass is 1560 g/mol. The Kier molecular flexibility index (Phi) is 28.2. The Labute approximate surface area is 675 Å². The summed E-state index contributed by atoms with van der Waals surface area (Å²) < 4.78 is 51.2. The van der Waals surface area contributed by atoms with Crippen LogP contribution >= 0.6 is 0 Å². The molecule has 3 amide bonds. The number of hydrogen-bond acceptors (Lipinski definition) is 17. The van der Waals surface area contributed by atoms with Crippen LogP contribution in [0.1, 0.15) is 151 Å². The van der Waals surface area contributed by atoms with E-state index in [2.05, 4.69) is 108 Å². The highest BCUT2D eigenvalue weighted by atomic mass is 19.1. The van der Waals surface area contributed by atoms with Crippen molar-refractivity contribution in [3.63, 3.8) is 0 Å². The van der Waals surface area contributed by atoms with Gasteiger partial charge in [0.25, 0.3) is 11.8 Å². The first kappa shape index (κ1) is 82.9. The second-order valence-electron chi connectivity index (χ2n) is 31.9. The molecule has 6 aromatic carbocycles. The first-order valence-corrected chi connectivity index (χ1v) is 41.2. The maximum Gasteiger partial charge on any atom is 0.410 e. The number of carbonyl (C=O) groups excluding carboxylic acids is 3. The number of carbonyl (C=O) groups is 3. The molecule has 4 saturated heterocycles. The zero-order valence-electron chi connectivity index (χ0n) is 68.4. The van der Waals surface area contributed by atoms with Crippen molar-refractivity contribution in [2.24, 2.45) is 0 Å². The average Bonchev–Trinajstić information content (AvgIpc) is 1.72. The highest BCUT2D eigenvalue weighted by Crippen LogP contribution is 2.35. The summed E-state index contributed by atoms with van der Waals surface area (Å²) in [4.78, 5) is 60.8. The van der Waals surface area contributed by atoms with Gasteiger partial charge in [-0.1, -0.05) is 86.6 Å². The van der Waals surface area contributed by atoms with Crippen LogP contribution in [0.15, 0.2) is 146 Å². The third-order valence-corrected chi connectivity index (χ3v) is 22.0. The summed E-state index contributed by atoms with van der Waals surface area (Å²) in [7, 11) is 4.08. The number of aromatic nitrogens is 6. The summed E-state index contributed by atoms with van der Waals surface area (Å²) in [6.07, 6.45) is 8.63. The van der Waals surface area contributed by atoms with E-state index in [4.69, 9.17) is 24.2 Å². The summed E-state index contributed by atoms with van der Waals surface area (Å²) in [5, 5.41) is 28.5. The number of piperazine rings is 2. The molecule has 0 radical (unpaired) electrons. The molecule has 10 aromatic rings. The number of nitrogens with one attached hydrogen (secondary N) is 5. The summed E-state index contributed by atoms with van der Waals surface area (Å²) in [5.74, 6) is -0.770. The van der Waals surface area contributed by atoms with Gasteiger partial charge >= 0.3 is 6.09 Å². The molecule has 0 saturated carbocycles. The lowest BCUT2D eigenvalue weighted by Crippen LogP contribution is -2.49. The quantitative estimate of drug-likeness (QED) is 0.0308. The number of hydrogen-bond donors (Lipinski definition) is 5. The van der Waals surface area contributed by atoms with E-state index in [0.29, 0.717) is 81.2 Å². The van der Waals surface area contributed by atoms with Gasteiger partial charge in [-0.3, -0.25) is 29.2 Å². The summed E-state index contributed by atoms with van der Waals surface area (Å²) in [6, 6.07) is 43.1. The van der Waals surface area contributed by atoms with Gasteiger partial charge in [0, 0.05) is 201 Å². The number of aryl methyl sites for hydroxylation is 4. The Bertz CT molecular complexity index is 4980. The van der Waals surface area contributed by atoms with E-state index in [1.807, 2.05) is 154 Å². The van der Waals surface area contributed by atoms with Gasteiger partial charge in [0.1, 0.15) is 17.2 Å². The number of benzene rings is 6. The van der Waals surface area contributed by atoms with Gasteiger partial charge in [0.05, 0.1) is 34.5 Å². The first-order valence-electron chi connectivity index (χ1n) is 41.2. The Balaban J connectivity index is 0.000000202. The molecular weight excluding hydrogens is 1450 g/mol. The molecule has 14 rings (SSSR count). The van der Waals surface area contributed by atoms with Crippen molar-refractivity contribution >= 4 is 51.3 Å². The van der Waals surface area contributed by atoms with E-state index in [-0.39, 0.29) is 41.6 Å². The largest absolute Gasteiger partial charge is 0.444 e. The minimum Gasteiger partial charge on any atom is -0.444 e. The predicted molar refractivity (Wildman–Crippen MR) is 451 cm³/mol. The molecule has 8 heterocycles. The number of anilines is 2. The van der Waals surface area contributed by atoms with Crippen LogP contribution < -0.4 is 26.6 Å². The van der Waals surface area contributed by atoms with Crippen LogP contribution in [0, 0.1) is 11.6 Å². The van der Waals surface area contributed by atoms with Crippen LogP contribution in [-0.2, 0) is 92.5 Å². The maximum absolute atomic E-state index is 15.4. The number of rotatable bonds is 28. The van der Waals surface area contributed by atoms with Crippen LogP contribution in [0.25, 0.3) is 44.3 Å². The van der Waals surface area contributed by atoms with E-state index >= 15 is 8.78 Å². The molecule has 4 aromatic heterocycles. The van der Waals surface area contributed by atoms with Gasteiger partial charge in [-0.25, -0.2) is 32.9 Å². The predicted octanol–water partition coefficient (Wildman–Crippen LogP) is 14.4. The van der Waals surface area contributed by atoms with Gasteiger partial charge in [-0.15, -0.1) is 0 Å². The van der Waals surface area contributed by atoms with Crippen molar-refractivity contribution in [3.05, 3.63) is 225 Å². The topological polar surface area (TPSA) is 217 Å². The standard InChI is InChI=1S/C48H61FN8O4.C43H53FN8O2/c1-7-43-40(44(52-38-17-23-60-24-18-38)41-29-51-57(8-2)45(41)53-43)28-50-46(58)37-14-10-11-33(26-37)30-54(6)31-35-15-16-42(49)39(27-35)36-13-9-12-34(25-36)32-55-19-21-56(22-20-55)47(59)61-48(3,4)5;1-4-40-37(41(48-35-14-20-54-21-15-35)38-26-47-52(5-2)42(38)49-40)25-46-43(53)34-11-7-8-30(23-34)27-50(3)28-32-12-13-39(44)36(24-32)33-10-6-9-31(22-33)29-51-18-16-45-17-19-51/h9-16,25-27,29,38H,7-8,17-24,28,30-32H2,1-6H3,(H,50,58)(H,52,53);6-13,22-24,26,35,45H,4-5,14-21,25,27-29H2,1-3H3,(H,46,53)(H,48,49). The van der Waals surface area contributed by atoms with E-state index in [1.165, 1.54) is 5.56 Å². The molecular formula is C91H114F2N16O6. The van der Waals surface area contributed by atoms with Gasteiger partial charge in [0.2, 0.25) is 0 Å². The maximum atomic E-state index is 15.4. The minimum absolute atomic E-state index is 0.134. The van der Waals surface area contributed by atoms with Crippen molar-refractivity contribution in [2.75, 3.05) is 104 Å². The number of pyridine rings is 2. The smallest absolute Gasteiger partial charge is 0.410 e. The number of nitrogens with zero attached hydrogens (tertiary/aromatic N) is 11. The molecule has 608 valence electrons. The van der Waals surface area contributed by atoms with Crippen LogP contribution in [0.2, 0.25) is 0 Å². The van der Waals surface area contributed by atoms with E-state index in [0.717, 1.165) is 219 Å². The Morgan fingerprint density at radius 3 is 1.35 bits per heavy atom. The lowest BCUT2D eigenvalue weighted by molar-refractivity contribution is 0.0138. The molecule has 115 heavy (non-hydrogen) atoms. The van der Waals surface area contributed by atoms with Gasteiger partial charge in [-0.05, 0) is 192 Å². The van der Waals surface area contributed by atoms with E-state index in [9.17, 15) is 14.4 Å². The molecule has 0 aliphatic carbocycles. The molecule has 0 bridgehead atoms. The van der Waals surface area contributed by atoms with Crippen molar-refractivity contribution in [2.45, 2.75) is 170 Å². The molecule has 0 atom stereocenters. The molecule has 0 spiro atoms. The highest BCUT2D eigenvalue weighted by molar-refractivity contribution is 5.97. The number of halogens is 2. The molecule has 0 unspecified atom stereocenters. The Hall–Kier alpha value is -10.1. The zero-order valence-corrected chi connectivity index (χ0v) is 68.4. The van der Waals surface area contributed by atoms with Crippen molar-refractivity contribution in [1.29, 1.82) is 0 Å². The molecule has 4 fully saturated rings. The highest BCUT2D eigenvalue weighted by Gasteiger charge is 2.29. The number of amides is 3. The van der Waals surface area contributed by atoms with Crippen LogP contribution in [-0.4, -0.2) is 183 Å². The normalized spacial score (nSPS) is 15.5. The van der Waals surface area contributed by atoms with Crippen molar-refractivity contribution < 1.29 is 37.4 Å². The van der Waals surface area contributed by atoms with Gasteiger partial charge < -0.3 is 45.7 Å². The average molecular weight is 1570 g/mol. The van der Waals surface area contributed by atoms with Crippen LogP contribution in [0.3, 0.4) is 0 Å². The Morgan fingerprint density at radius 1 is 0.522 bits per heavy atom. The minimum atomic E-state index is -0.521. The SMILES string of the molecule is CCc1nc2c(cnn2CC)c(NC2CCOCC2)c1CNC(=O)c1cccc(CN(C)Cc2ccc(F)c(-c3cccc(CN4CCN(C(=O)OC(C)(C)C)CC4)c3)c2)c1.CCc1nc2c(cnn2CC)c(NC2CCOCC2)c1CNC(=O)c1cccc(CN(C)Cc2ccc(F)c(-c3cccc(CN4CCNCC4)c3)c2)c1. The van der Waals surface area contributed by atoms with Gasteiger partial charge in [0.15, 0.2) is 11.3 Å². The van der Waals surface area contributed by atoms with E-state index < -0.39 is 5.60 Å². The number of fused-ring (bicyclic) bond motifs is 2. The van der Waals surface area contributed by atoms with Gasteiger partial charge in [-0.2, -0.15) is 10.2 Å². The molecule has 4 aliphatic rings. The first-order chi connectivity index (χ1) is 55.7. The Morgan fingerprint density at radius 2 is 0.930 bits per heavy atom. The van der Waals surface area contributed by atoms with E-state index in [1.54, 1.807) is 17.0 Å². The number of ether oxygens (including phenoxy) is 3. The fourth-order valence-corrected chi connectivity index (χ4v) is 16.0. The summed E-state index contributed by atoms with van der Waals surface area (Å²) in [6.45, 7) is 29.8. The molecule has 4 aliphatic heterocycles. The lowest BCUT2D eigenvalue weighted by atomic mass is 10.00. The fraction of sp³-hybridized carbons (Fsp3) is 0.440. The third kappa shape index (κ3) is 21.7. The van der Waals surface area contributed by atoms with Crippen LogP contribution in [0.5, 0.6) is 0 Å². The lowest BCUT2D eigenvalue weighted by Gasteiger charge is -2.35. The molecule has 24 heteroatoms. The van der Waals surface area contributed by atoms with Crippen molar-refractivity contribution in [1.82, 2.24) is 70.0 Å². The molecule has 5 N–H and O–H groups in total. The zero-order chi connectivity index (χ0) is 80.5. The fourth-order valence-electron chi connectivity index (χ4n) is 16.0. The van der Waals surface area contributed by atoms with Crippen molar-refractivity contribution in [3.8, 4) is 22.3 Å². The summed E-state index contributed by atoms with van der Waals surface area (Å²) >= 11 is 0. The summed E-state index contributed by atoms with van der Waals surface area (Å²) in [5.41, 5.74) is 17.5. The second-order valence-corrected chi connectivity index (χ2v) is 31.9. The van der Waals surface area contributed by atoms with Crippen LogP contribution in [0.4, 0.5) is 25.0 Å². The molecule has 22 nitrogen and oxygen atoms in total.